The summed E-state index contributed by atoms with van der Waals surface area (Å²) >= 11 is 0. The third-order valence-electron chi connectivity index (χ3n) is 2.73. The molecular weight excluding hydrogens is 287 g/mol. The highest BCUT2D eigenvalue weighted by atomic mass is 19.4. The fourth-order valence-corrected chi connectivity index (χ4v) is 1.85. The molecule has 2 aromatic rings. The second kappa shape index (κ2) is 5.58. The van der Waals surface area contributed by atoms with Crippen LogP contribution in [0.15, 0.2) is 18.5 Å². The average molecular weight is 301 g/mol. The van der Waals surface area contributed by atoms with E-state index in [1.54, 1.807) is 24.1 Å². The van der Waals surface area contributed by atoms with Crippen molar-refractivity contribution < 1.29 is 18.0 Å². The van der Waals surface area contributed by atoms with Crippen LogP contribution in [-0.2, 0) is 31.1 Å². The topological polar surface area (TPSA) is 64.7 Å². The molecular formula is C12H14F3N5O. The minimum atomic E-state index is -4.54. The van der Waals surface area contributed by atoms with Crippen LogP contribution < -0.4 is 5.32 Å². The van der Waals surface area contributed by atoms with Gasteiger partial charge in [-0.2, -0.15) is 23.4 Å². The quantitative estimate of drug-likeness (QED) is 0.924. The zero-order chi connectivity index (χ0) is 15.6. The molecule has 0 bridgehead atoms. The fourth-order valence-electron chi connectivity index (χ4n) is 1.85. The number of alkyl halides is 3. The van der Waals surface area contributed by atoms with E-state index in [1.165, 1.54) is 6.92 Å². The maximum atomic E-state index is 12.8. The Bertz CT molecular complexity index is 644. The van der Waals surface area contributed by atoms with Crippen LogP contribution in [-0.4, -0.2) is 25.5 Å². The van der Waals surface area contributed by atoms with Crippen LogP contribution in [0.2, 0.25) is 0 Å². The molecule has 21 heavy (non-hydrogen) atoms. The molecule has 0 aliphatic heterocycles. The van der Waals surface area contributed by atoms with E-state index in [0.29, 0.717) is 4.68 Å². The normalized spacial score (nSPS) is 11.7. The van der Waals surface area contributed by atoms with Crippen LogP contribution in [0.25, 0.3) is 0 Å². The summed E-state index contributed by atoms with van der Waals surface area (Å²) in [6, 6.07) is 0.911. The second-order valence-electron chi connectivity index (χ2n) is 4.63. The predicted molar refractivity (Wildman–Crippen MR) is 67.0 cm³/mol. The van der Waals surface area contributed by atoms with E-state index in [2.05, 4.69) is 15.5 Å². The van der Waals surface area contributed by atoms with Gasteiger partial charge >= 0.3 is 6.18 Å². The number of nitrogens with zero attached hydrogens (tertiary/aromatic N) is 4. The zero-order valence-electron chi connectivity index (χ0n) is 11.5. The lowest BCUT2D eigenvalue weighted by atomic mass is 10.3. The number of halogens is 3. The van der Waals surface area contributed by atoms with Gasteiger partial charge in [0.2, 0.25) is 5.91 Å². The summed E-state index contributed by atoms with van der Waals surface area (Å²) in [5.41, 5.74) is 0.0393. The van der Waals surface area contributed by atoms with Crippen molar-refractivity contribution in [2.75, 3.05) is 0 Å². The Kier molecular flexibility index (Phi) is 4.01. The number of carbonyl (C=O) groups is 1. The van der Waals surface area contributed by atoms with Crippen LogP contribution in [0.4, 0.5) is 13.2 Å². The minimum Gasteiger partial charge on any atom is -0.350 e. The molecule has 0 radical (unpaired) electrons. The lowest BCUT2D eigenvalue weighted by Crippen LogP contribution is -2.29. The lowest BCUT2D eigenvalue weighted by Gasteiger charge is -2.10. The summed E-state index contributed by atoms with van der Waals surface area (Å²) in [6.07, 6.45) is -1.26. The minimum absolute atomic E-state index is 0.203. The van der Waals surface area contributed by atoms with E-state index >= 15 is 0 Å². The van der Waals surface area contributed by atoms with Gasteiger partial charge < -0.3 is 5.32 Å². The fraction of sp³-hybridized carbons (Fsp3) is 0.417. The first-order valence-corrected chi connectivity index (χ1v) is 6.11. The molecule has 2 rings (SSSR count). The van der Waals surface area contributed by atoms with E-state index in [-0.39, 0.29) is 12.2 Å². The van der Waals surface area contributed by atoms with E-state index < -0.39 is 24.3 Å². The molecule has 1 N–H and O–H groups in total. The van der Waals surface area contributed by atoms with Crippen molar-refractivity contribution in [2.24, 2.45) is 7.05 Å². The Labute approximate surface area is 118 Å². The van der Waals surface area contributed by atoms with Gasteiger partial charge in [0.05, 0.1) is 11.9 Å². The van der Waals surface area contributed by atoms with Crippen molar-refractivity contribution in [1.29, 1.82) is 0 Å². The standard InChI is InChI=1S/C12H14F3N5O/c1-8-3-10(12(13,14)15)20(18-8)7-11(21)16-4-9-5-17-19(2)6-9/h3,5-6H,4,7H2,1-2H3,(H,16,21). The molecule has 2 heterocycles. The number of amides is 1. The molecule has 114 valence electrons. The van der Waals surface area contributed by atoms with Crippen LogP contribution in [0, 0.1) is 6.92 Å². The third-order valence-corrected chi connectivity index (χ3v) is 2.73. The highest BCUT2D eigenvalue weighted by molar-refractivity contribution is 5.75. The van der Waals surface area contributed by atoms with E-state index in [9.17, 15) is 18.0 Å². The maximum Gasteiger partial charge on any atom is 0.433 e. The van der Waals surface area contributed by atoms with Crippen LogP contribution in [0.3, 0.4) is 0 Å². The molecule has 0 saturated carbocycles. The van der Waals surface area contributed by atoms with Gasteiger partial charge in [-0.15, -0.1) is 0 Å². The molecule has 0 atom stereocenters. The summed E-state index contributed by atoms with van der Waals surface area (Å²) in [5, 5.41) is 10.2. The number of rotatable bonds is 4. The predicted octanol–water partition coefficient (Wildman–Crippen LogP) is 1.26. The van der Waals surface area contributed by atoms with Gasteiger partial charge in [-0.05, 0) is 13.0 Å². The molecule has 0 fully saturated rings. The largest absolute Gasteiger partial charge is 0.433 e. The highest BCUT2D eigenvalue weighted by Gasteiger charge is 2.35. The van der Waals surface area contributed by atoms with Crippen LogP contribution in [0.5, 0.6) is 0 Å². The van der Waals surface area contributed by atoms with E-state index in [0.717, 1.165) is 11.6 Å². The van der Waals surface area contributed by atoms with Crippen molar-refractivity contribution >= 4 is 5.91 Å². The highest BCUT2D eigenvalue weighted by Crippen LogP contribution is 2.29. The van der Waals surface area contributed by atoms with Crippen molar-refractivity contribution in [1.82, 2.24) is 24.9 Å². The maximum absolute atomic E-state index is 12.8. The SMILES string of the molecule is Cc1cc(C(F)(F)F)n(CC(=O)NCc2cnn(C)c2)n1. The first-order chi connectivity index (χ1) is 9.75. The first-order valence-electron chi connectivity index (χ1n) is 6.11. The van der Waals surface area contributed by atoms with Crippen molar-refractivity contribution in [3.63, 3.8) is 0 Å². The first kappa shape index (κ1) is 15.1. The molecule has 0 aliphatic carbocycles. The Morgan fingerprint density at radius 2 is 2.14 bits per heavy atom. The molecule has 0 aromatic carbocycles. The van der Waals surface area contributed by atoms with Crippen molar-refractivity contribution in [2.45, 2.75) is 26.2 Å². The van der Waals surface area contributed by atoms with Gasteiger partial charge in [0, 0.05) is 25.4 Å². The molecule has 0 saturated heterocycles. The molecule has 1 amide bonds. The van der Waals surface area contributed by atoms with Crippen LogP contribution >= 0.6 is 0 Å². The van der Waals surface area contributed by atoms with Gasteiger partial charge in [-0.25, -0.2) is 0 Å². The Morgan fingerprint density at radius 3 is 2.71 bits per heavy atom. The number of aromatic nitrogens is 4. The van der Waals surface area contributed by atoms with Gasteiger partial charge in [0.1, 0.15) is 12.2 Å². The summed E-state index contributed by atoms with van der Waals surface area (Å²) in [7, 11) is 1.73. The monoisotopic (exact) mass is 301 g/mol. The number of carbonyl (C=O) groups excluding carboxylic acids is 1. The molecule has 2 aromatic heterocycles. The van der Waals surface area contributed by atoms with E-state index in [1.807, 2.05) is 0 Å². The number of hydrogen-bond donors (Lipinski definition) is 1. The summed E-state index contributed by atoms with van der Waals surface area (Å²) in [6.45, 7) is 1.16. The van der Waals surface area contributed by atoms with E-state index in [4.69, 9.17) is 0 Å². The Morgan fingerprint density at radius 1 is 1.43 bits per heavy atom. The molecule has 0 aliphatic rings. The summed E-state index contributed by atoms with van der Waals surface area (Å²) in [5.74, 6) is -0.549. The summed E-state index contributed by atoms with van der Waals surface area (Å²) in [4.78, 5) is 11.7. The average Bonchev–Trinajstić information content (AvgIpc) is 2.92. The van der Waals surface area contributed by atoms with Crippen molar-refractivity contribution in [3.8, 4) is 0 Å². The number of nitrogens with one attached hydrogen (secondary N) is 1. The number of hydrogen-bond acceptors (Lipinski definition) is 3. The Balaban J connectivity index is 2.00. The molecule has 0 unspecified atom stereocenters. The lowest BCUT2D eigenvalue weighted by molar-refractivity contribution is -0.144. The zero-order valence-corrected chi connectivity index (χ0v) is 11.5. The van der Waals surface area contributed by atoms with Crippen LogP contribution in [0.1, 0.15) is 17.0 Å². The smallest absolute Gasteiger partial charge is 0.350 e. The third kappa shape index (κ3) is 3.83. The number of aryl methyl sites for hydroxylation is 2. The van der Waals surface area contributed by atoms with Crippen molar-refractivity contribution in [3.05, 3.63) is 35.4 Å². The molecule has 9 heteroatoms. The van der Waals surface area contributed by atoms with Gasteiger partial charge in [-0.1, -0.05) is 0 Å². The van der Waals surface area contributed by atoms with Gasteiger partial charge in [-0.3, -0.25) is 14.2 Å². The molecule has 6 nitrogen and oxygen atoms in total. The van der Waals surface area contributed by atoms with Gasteiger partial charge in [0.15, 0.2) is 0 Å². The Hall–Kier alpha value is -2.32. The second-order valence-corrected chi connectivity index (χ2v) is 4.63. The summed E-state index contributed by atoms with van der Waals surface area (Å²) < 4.78 is 40.5. The molecule has 0 spiro atoms. The van der Waals surface area contributed by atoms with Gasteiger partial charge in [0.25, 0.3) is 0 Å².